The second-order valence-electron chi connectivity index (χ2n) is 6.27. The van der Waals surface area contributed by atoms with Crippen LogP contribution in [0.25, 0.3) is 0 Å². The van der Waals surface area contributed by atoms with Crippen molar-refractivity contribution in [3.8, 4) is 0 Å². The van der Waals surface area contributed by atoms with Crippen molar-refractivity contribution in [2.75, 3.05) is 5.32 Å². The average Bonchev–Trinajstić information content (AvgIpc) is 3.29. The van der Waals surface area contributed by atoms with Crippen molar-refractivity contribution in [3.63, 3.8) is 0 Å². The SMILES string of the molecule is Cc1cc(C)c(Nc2nc(Cl)cn([C@H](C)C3CC3)c2=O)c(Cl)c1. The molecule has 1 fully saturated rings. The van der Waals surface area contributed by atoms with Crippen LogP contribution in [0.2, 0.25) is 10.2 Å². The fraction of sp³-hybridized carbons (Fsp3) is 0.412. The molecular weight excluding hydrogens is 333 g/mol. The highest BCUT2D eigenvalue weighted by Crippen LogP contribution is 2.39. The summed E-state index contributed by atoms with van der Waals surface area (Å²) in [6.07, 6.45) is 3.92. The van der Waals surface area contributed by atoms with Gasteiger partial charge in [0, 0.05) is 12.2 Å². The van der Waals surface area contributed by atoms with Gasteiger partial charge in [0.05, 0.1) is 10.7 Å². The van der Waals surface area contributed by atoms with Gasteiger partial charge < -0.3 is 9.88 Å². The molecule has 0 amide bonds. The van der Waals surface area contributed by atoms with Gasteiger partial charge in [0.15, 0.2) is 5.82 Å². The van der Waals surface area contributed by atoms with Crippen LogP contribution in [0.5, 0.6) is 0 Å². The third kappa shape index (κ3) is 3.38. The second-order valence-corrected chi connectivity index (χ2v) is 7.06. The number of aryl methyl sites for hydroxylation is 2. The first-order chi connectivity index (χ1) is 10.9. The van der Waals surface area contributed by atoms with Gasteiger partial charge in [-0.3, -0.25) is 4.79 Å². The molecule has 0 radical (unpaired) electrons. The number of nitrogens with zero attached hydrogens (tertiary/aromatic N) is 2. The molecule has 1 N–H and O–H groups in total. The fourth-order valence-corrected chi connectivity index (χ4v) is 3.42. The van der Waals surface area contributed by atoms with Gasteiger partial charge >= 0.3 is 0 Å². The molecule has 1 aromatic carbocycles. The first-order valence-corrected chi connectivity index (χ1v) is 8.45. The highest BCUT2D eigenvalue weighted by molar-refractivity contribution is 6.33. The lowest BCUT2D eigenvalue weighted by Gasteiger charge is -2.17. The predicted molar refractivity (Wildman–Crippen MR) is 95.2 cm³/mol. The number of halogens is 2. The normalized spacial score (nSPS) is 15.5. The molecule has 23 heavy (non-hydrogen) atoms. The summed E-state index contributed by atoms with van der Waals surface area (Å²) in [5, 5.41) is 3.92. The predicted octanol–water partition coefficient (Wildman–Crippen LogP) is 4.88. The van der Waals surface area contributed by atoms with Gasteiger partial charge in [-0.15, -0.1) is 0 Å². The molecule has 0 unspecified atom stereocenters. The minimum Gasteiger partial charge on any atom is -0.334 e. The van der Waals surface area contributed by atoms with E-state index in [1.165, 1.54) is 0 Å². The van der Waals surface area contributed by atoms with E-state index in [9.17, 15) is 4.79 Å². The molecule has 1 aliphatic rings. The van der Waals surface area contributed by atoms with Crippen molar-refractivity contribution in [1.82, 2.24) is 9.55 Å². The molecule has 1 aliphatic carbocycles. The second kappa shape index (κ2) is 6.17. The molecule has 0 spiro atoms. The summed E-state index contributed by atoms with van der Waals surface area (Å²) >= 11 is 12.4. The lowest BCUT2D eigenvalue weighted by molar-refractivity contribution is 0.470. The van der Waals surface area contributed by atoms with E-state index in [1.54, 1.807) is 10.8 Å². The van der Waals surface area contributed by atoms with Crippen molar-refractivity contribution < 1.29 is 0 Å². The zero-order valence-electron chi connectivity index (χ0n) is 13.4. The third-order valence-electron chi connectivity index (χ3n) is 4.32. The highest BCUT2D eigenvalue weighted by atomic mass is 35.5. The van der Waals surface area contributed by atoms with Crippen molar-refractivity contribution in [2.45, 2.75) is 39.7 Å². The van der Waals surface area contributed by atoms with Crippen LogP contribution in [0.1, 0.15) is 36.9 Å². The van der Waals surface area contributed by atoms with Gasteiger partial charge in [0.25, 0.3) is 5.56 Å². The molecule has 4 nitrogen and oxygen atoms in total. The van der Waals surface area contributed by atoms with E-state index in [1.807, 2.05) is 32.9 Å². The monoisotopic (exact) mass is 351 g/mol. The maximum absolute atomic E-state index is 12.7. The Hall–Kier alpha value is -1.52. The number of aromatic nitrogens is 2. The van der Waals surface area contributed by atoms with E-state index in [0.717, 1.165) is 24.0 Å². The summed E-state index contributed by atoms with van der Waals surface area (Å²) in [4.78, 5) is 16.9. The van der Waals surface area contributed by atoms with Crippen molar-refractivity contribution >= 4 is 34.7 Å². The zero-order valence-corrected chi connectivity index (χ0v) is 14.9. The van der Waals surface area contributed by atoms with E-state index < -0.39 is 0 Å². The van der Waals surface area contributed by atoms with Crippen LogP contribution in [0.3, 0.4) is 0 Å². The molecule has 2 aromatic rings. The summed E-state index contributed by atoms with van der Waals surface area (Å²) in [7, 11) is 0. The van der Waals surface area contributed by atoms with E-state index >= 15 is 0 Å². The maximum Gasteiger partial charge on any atom is 0.294 e. The van der Waals surface area contributed by atoms with Crippen LogP contribution in [0, 0.1) is 19.8 Å². The molecule has 3 rings (SSSR count). The quantitative estimate of drug-likeness (QED) is 0.853. The van der Waals surface area contributed by atoms with Crippen LogP contribution >= 0.6 is 23.2 Å². The van der Waals surface area contributed by atoms with E-state index in [-0.39, 0.29) is 17.4 Å². The third-order valence-corrected chi connectivity index (χ3v) is 4.80. The Morgan fingerprint density at radius 3 is 2.61 bits per heavy atom. The average molecular weight is 352 g/mol. The maximum atomic E-state index is 12.7. The molecule has 0 bridgehead atoms. The molecule has 1 heterocycles. The fourth-order valence-electron chi connectivity index (χ4n) is 2.86. The summed E-state index contributed by atoms with van der Waals surface area (Å²) in [5.41, 5.74) is 2.54. The standard InChI is InChI=1S/C17H19Cl2N3O/c1-9-6-10(2)15(13(18)7-9)21-16-17(23)22(8-14(19)20-16)11(3)12-4-5-12/h6-8,11-12H,4-5H2,1-3H3,(H,20,21)/t11-/m1/s1. The van der Waals surface area contributed by atoms with Gasteiger partial charge in [-0.2, -0.15) is 0 Å². The molecule has 6 heteroatoms. The van der Waals surface area contributed by atoms with Crippen LogP contribution in [0.4, 0.5) is 11.5 Å². The minimum atomic E-state index is -0.176. The molecule has 0 aliphatic heterocycles. The van der Waals surface area contributed by atoms with Crippen molar-refractivity contribution in [2.24, 2.45) is 5.92 Å². The number of benzene rings is 1. The van der Waals surface area contributed by atoms with E-state index in [2.05, 4.69) is 10.3 Å². The first-order valence-electron chi connectivity index (χ1n) is 7.69. The lowest BCUT2D eigenvalue weighted by Crippen LogP contribution is -2.27. The lowest BCUT2D eigenvalue weighted by atomic mass is 10.1. The van der Waals surface area contributed by atoms with E-state index in [0.29, 0.717) is 21.8 Å². The summed E-state index contributed by atoms with van der Waals surface area (Å²) < 4.78 is 1.67. The Bertz CT molecular complexity index is 789. The number of hydrogen-bond acceptors (Lipinski definition) is 3. The van der Waals surface area contributed by atoms with Crippen molar-refractivity contribution in [1.29, 1.82) is 0 Å². The van der Waals surface area contributed by atoms with Gasteiger partial charge in [0.2, 0.25) is 0 Å². The zero-order chi connectivity index (χ0) is 16.7. The Balaban J connectivity index is 2.02. The summed E-state index contributed by atoms with van der Waals surface area (Å²) in [6, 6.07) is 3.98. The minimum absolute atomic E-state index is 0.123. The number of nitrogens with one attached hydrogen (secondary N) is 1. The largest absolute Gasteiger partial charge is 0.334 e. The molecule has 1 aromatic heterocycles. The number of hydrogen-bond donors (Lipinski definition) is 1. The van der Waals surface area contributed by atoms with E-state index in [4.69, 9.17) is 23.2 Å². The van der Waals surface area contributed by atoms with Crippen LogP contribution in [-0.2, 0) is 0 Å². The Labute approximate surface area is 145 Å². The molecule has 1 saturated carbocycles. The van der Waals surface area contributed by atoms with Crippen LogP contribution in [0.15, 0.2) is 23.1 Å². The smallest absolute Gasteiger partial charge is 0.294 e. The molecule has 1 atom stereocenters. The Morgan fingerprint density at radius 1 is 1.30 bits per heavy atom. The summed E-state index contributed by atoms with van der Waals surface area (Å²) in [5.74, 6) is 0.752. The topological polar surface area (TPSA) is 46.9 Å². The Morgan fingerprint density at radius 2 is 2.00 bits per heavy atom. The first kappa shape index (κ1) is 16.3. The summed E-state index contributed by atoms with van der Waals surface area (Å²) in [6.45, 7) is 5.96. The number of anilines is 2. The van der Waals surface area contributed by atoms with Crippen LogP contribution in [-0.4, -0.2) is 9.55 Å². The van der Waals surface area contributed by atoms with Crippen LogP contribution < -0.4 is 10.9 Å². The number of rotatable bonds is 4. The van der Waals surface area contributed by atoms with Gasteiger partial charge in [0.1, 0.15) is 5.15 Å². The highest BCUT2D eigenvalue weighted by Gasteiger charge is 2.30. The Kier molecular flexibility index (Phi) is 4.39. The molecule has 0 saturated heterocycles. The van der Waals surface area contributed by atoms with Gasteiger partial charge in [-0.1, -0.05) is 29.3 Å². The molecule has 122 valence electrons. The van der Waals surface area contributed by atoms with Crippen molar-refractivity contribution in [3.05, 3.63) is 50.0 Å². The van der Waals surface area contributed by atoms with Gasteiger partial charge in [-0.25, -0.2) is 4.98 Å². The molecular formula is C17H19Cl2N3O. The van der Waals surface area contributed by atoms with Gasteiger partial charge in [-0.05, 0) is 56.7 Å².